The van der Waals surface area contributed by atoms with Crippen LogP contribution in [0.2, 0.25) is 0 Å². The van der Waals surface area contributed by atoms with Gasteiger partial charge in [-0.2, -0.15) is 0 Å². The van der Waals surface area contributed by atoms with Crippen LogP contribution in [0.15, 0.2) is 34.9 Å². The third-order valence-corrected chi connectivity index (χ3v) is 2.30. The Kier molecular flexibility index (Phi) is 3.96. The van der Waals surface area contributed by atoms with Gasteiger partial charge in [0.05, 0.1) is 6.54 Å². The SMILES string of the molecule is Cc1ccc(C(=O)Nc2cc(C#CCN)ccn2)o1. The molecule has 0 radical (unpaired) electrons. The van der Waals surface area contributed by atoms with Crippen LogP contribution in [-0.2, 0) is 0 Å². The Balaban J connectivity index is 2.13. The molecule has 0 saturated heterocycles. The van der Waals surface area contributed by atoms with E-state index in [1.165, 1.54) is 0 Å². The van der Waals surface area contributed by atoms with E-state index in [1.54, 1.807) is 37.4 Å². The Hall–Kier alpha value is -2.58. The Morgan fingerprint density at radius 2 is 2.32 bits per heavy atom. The van der Waals surface area contributed by atoms with E-state index in [0.29, 0.717) is 11.6 Å². The molecule has 19 heavy (non-hydrogen) atoms. The maximum Gasteiger partial charge on any atom is 0.292 e. The average molecular weight is 255 g/mol. The van der Waals surface area contributed by atoms with Crippen LogP contribution < -0.4 is 11.1 Å². The highest BCUT2D eigenvalue weighted by molar-refractivity contribution is 6.01. The van der Waals surface area contributed by atoms with Gasteiger partial charge in [-0.15, -0.1) is 0 Å². The summed E-state index contributed by atoms with van der Waals surface area (Å²) >= 11 is 0. The summed E-state index contributed by atoms with van der Waals surface area (Å²) in [6, 6.07) is 6.76. The van der Waals surface area contributed by atoms with Crippen molar-refractivity contribution >= 4 is 11.7 Å². The molecule has 0 spiro atoms. The van der Waals surface area contributed by atoms with Gasteiger partial charge in [0.25, 0.3) is 5.91 Å². The quantitative estimate of drug-likeness (QED) is 0.798. The molecule has 5 nitrogen and oxygen atoms in total. The molecule has 96 valence electrons. The zero-order valence-electron chi connectivity index (χ0n) is 10.4. The molecular formula is C14H13N3O2. The van der Waals surface area contributed by atoms with Crippen molar-refractivity contribution in [2.45, 2.75) is 6.92 Å². The van der Waals surface area contributed by atoms with Crippen molar-refractivity contribution in [1.29, 1.82) is 0 Å². The molecule has 3 N–H and O–H groups in total. The number of carbonyl (C=O) groups is 1. The van der Waals surface area contributed by atoms with Crippen LogP contribution in [0.3, 0.4) is 0 Å². The molecule has 2 rings (SSSR count). The molecule has 0 aromatic carbocycles. The van der Waals surface area contributed by atoms with Crippen molar-refractivity contribution in [1.82, 2.24) is 4.98 Å². The van der Waals surface area contributed by atoms with Crippen LogP contribution in [0.4, 0.5) is 5.82 Å². The minimum atomic E-state index is -0.343. The molecule has 0 fully saturated rings. The summed E-state index contributed by atoms with van der Waals surface area (Å²) in [5, 5.41) is 2.65. The van der Waals surface area contributed by atoms with Gasteiger partial charge in [-0.25, -0.2) is 4.98 Å². The maximum absolute atomic E-state index is 11.9. The first-order valence-electron chi connectivity index (χ1n) is 5.72. The molecule has 0 aliphatic rings. The Morgan fingerprint density at radius 3 is 3.00 bits per heavy atom. The standard InChI is InChI=1S/C14H13N3O2/c1-10-4-5-12(19-10)14(18)17-13-9-11(3-2-7-15)6-8-16-13/h4-6,8-9H,7,15H2,1H3,(H,16,17,18). The van der Waals surface area contributed by atoms with E-state index in [0.717, 1.165) is 5.56 Å². The fraction of sp³-hybridized carbons (Fsp3) is 0.143. The number of nitrogens with one attached hydrogen (secondary N) is 1. The number of hydrogen-bond donors (Lipinski definition) is 2. The first kappa shape index (κ1) is 12.9. The summed E-state index contributed by atoms with van der Waals surface area (Å²) in [5.74, 6) is 6.62. The fourth-order valence-electron chi connectivity index (χ4n) is 1.46. The van der Waals surface area contributed by atoms with Gasteiger partial charge < -0.3 is 15.5 Å². The molecule has 0 atom stereocenters. The van der Waals surface area contributed by atoms with Gasteiger partial charge in [0.2, 0.25) is 0 Å². The predicted octanol–water partition coefficient (Wildman–Crippen LogP) is 1.55. The minimum Gasteiger partial charge on any atom is -0.456 e. The zero-order chi connectivity index (χ0) is 13.7. The Bertz CT molecular complexity index is 650. The fourth-order valence-corrected chi connectivity index (χ4v) is 1.46. The minimum absolute atomic E-state index is 0.248. The molecule has 0 bridgehead atoms. The second-order valence-corrected chi connectivity index (χ2v) is 3.80. The number of aryl methyl sites for hydroxylation is 1. The third-order valence-electron chi connectivity index (χ3n) is 2.30. The van der Waals surface area contributed by atoms with Gasteiger partial charge in [0.1, 0.15) is 11.6 Å². The third kappa shape index (κ3) is 3.44. The number of furan rings is 1. The molecule has 2 heterocycles. The normalized spacial score (nSPS) is 9.58. The van der Waals surface area contributed by atoms with Crippen LogP contribution in [0.25, 0.3) is 0 Å². The lowest BCUT2D eigenvalue weighted by Gasteiger charge is -2.02. The lowest BCUT2D eigenvalue weighted by Crippen LogP contribution is -2.12. The number of anilines is 1. The second-order valence-electron chi connectivity index (χ2n) is 3.80. The van der Waals surface area contributed by atoms with E-state index in [2.05, 4.69) is 22.1 Å². The van der Waals surface area contributed by atoms with E-state index < -0.39 is 0 Å². The van der Waals surface area contributed by atoms with Crippen molar-refractivity contribution < 1.29 is 9.21 Å². The van der Waals surface area contributed by atoms with Crippen molar-refractivity contribution in [3.63, 3.8) is 0 Å². The van der Waals surface area contributed by atoms with Gasteiger partial charge in [-0.1, -0.05) is 11.8 Å². The molecule has 0 unspecified atom stereocenters. The van der Waals surface area contributed by atoms with Crippen molar-refractivity contribution in [2.75, 3.05) is 11.9 Å². The lowest BCUT2D eigenvalue weighted by molar-refractivity contribution is 0.0995. The van der Waals surface area contributed by atoms with Crippen LogP contribution in [0, 0.1) is 18.8 Å². The van der Waals surface area contributed by atoms with Gasteiger partial charge in [-0.3, -0.25) is 4.79 Å². The number of pyridine rings is 1. The number of nitrogens with two attached hydrogens (primary N) is 1. The molecule has 5 heteroatoms. The summed E-state index contributed by atoms with van der Waals surface area (Å²) in [5.41, 5.74) is 6.04. The molecule has 2 aromatic rings. The Morgan fingerprint density at radius 1 is 1.47 bits per heavy atom. The van der Waals surface area contributed by atoms with Gasteiger partial charge in [0.15, 0.2) is 5.76 Å². The predicted molar refractivity (Wildman–Crippen MR) is 71.6 cm³/mol. The number of nitrogens with zero attached hydrogens (tertiary/aromatic N) is 1. The first-order chi connectivity index (χ1) is 9.19. The van der Waals surface area contributed by atoms with Crippen LogP contribution >= 0.6 is 0 Å². The van der Waals surface area contributed by atoms with E-state index in [-0.39, 0.29) is 18.2 Å². The highest BCUT2D eigenvalue weighted by atomic mass is 16.3. The van der Waals surface area contributed by atoms with Gasteiger partial charge >= 0.3 is 0 Å². The van der Waals surface area contributed by atoms with E-state index >= 15 is 0 Å². The molecule has 2 aromatic heterocycles. The first-order valence-corrected chi connectivity index (χ1v) is 5.72. The largest absolute Gasteiger partial charge is 0.456 e. The van der Waals surface area contributed by atoms with Crippen molar-refractivity contribution in [3.8, 4) is 11.8 Å². The summed E-state index contributed by atoms with van der Waals surface area (Å²) in [4.78, 5) is 15.9. The number of carbonyl (C=O) groups excluding carboxylic acids is 1. The highest BCUT2D eigenvalue weighted by Crippen LogP contribution is 2.10. The van der Waals surface area contributed by atoms with Crippen molar-refractivity contribution in [2.24, 2.45) is 5.73 Å². The van der Waals surface area contributed by atoms with Crippen LogP contribution in [0.1, 0.15) is 21.9 Å². The number of hydrogen-bond acceptors (Lipinski definition) is 4. The second kappa shape index (κ2) is 5.85. The van der Waals surface area contributed by atoms with E-state index in [4.69, 9.17) is 10.2 Å². The van der Waals surface area contributed by atoms with Crippen LogP contribution in [-0.4, -0.2) is 17.4 Å². The summed E-state index contributed by atoms with van der Waals surface area (Å²) in [6.45, 7) is 2.06. The molecule has 0 aliphatic heterocycles. The topological polar surface area (TPSA) is 81.2 Å². The molecule has 0 saturated carbocycles. The number of amides is 1. The highest BCUT2D eigenvalue weighted by Gasteiger charge is 2.10. The molecule has 0 aliphatic carbocycles. The summed E-state index contributed by atoms with van der Waals surface area (Å²) in [7, 11) is 0. The maximum atomic E-state index is 11.9. The average Bonchev–Trinajstić information content (AvgIpc) is 2.83. The summed E-state index contributed by atoms with van der Waals surface area (Å²) < 4.78 is 5.23. The van der Waals surface area contributed by atoms with E-state index in [9.17, 15) is 4.79 Å². The number of rotatable bonds is 2. The van der Waals surface area contributed by atoms with Gasteiger partial charge in [0, 0.05) is 11.8 Å². The lowest BCUT2D eigenvalue weighted by atomic mass is 10.2. The Labute approximate surface area is 110 Å². The zero-order valence-corrected chi connectivity index (χ0v) is 10.4. The summed E-state index contributed by atoms with van der Waals surface area (Å²) in [6.07, 6.45) is 1.57. The van der Waals surface area contributed by atoms with E-state index in [1.807, 2.05) is 0 Å². The van der Waals surface area contributed by atoms with Crippen molar-refractivity contribution in [3.05, 3.63) is 47.5 Å². The van der Waals surface area contributed by atoms with Crippen LogP contribution in [0.5, 0.6) is 0 Å². The van der Waals surface area contributed by atoms with Gasteiger partial charge in [-0.05, 0) is 31.2 Å². The monoisotopic (exact) mass is 255 g/mol. The smallest absolute Gasteiger partial charge is 0.292 e. The number of aromatic nitrogens is 1. The molecular weight excluding hydrogens is 242 g/mol. The molecule has 1 amide bonds.